The summed E-state index contributed by atoms with van der Waals surface area (Å²) in [6.45, 7) is 5.11. The predicted octanol–water partition coefficient (Wildman–Crippen LogP) is 2.45. The normalized spacial score (nSPS) is 14.9. The molecular formula is C19H27ClF3N3O5S. The van der Waals surface area contributed by atoms with E-state index in [4.69, 9.17) is 21.5 Å². The molecule has 0 radical (unpaired) electrons. The van der Waals surface area contributed by atoms with Crippen molar-refractivity contribution in [2.75, 3.05) is 45.0 Å². The van der Waals surface area contributed by atoms with Gasteiger partial charge in [0.2, 0.25) is 10.0 Å². The van der Waals surface area contributed by atoms with Crippen LogP contribution < -0.4 is 5.32 Å². The molecule has 1 heterocycles. The third kappa shape index (κ3) is 9.72. The number of hydrogen-bond donors (Lipinski definition) is 2. The summed E-state index contributed by atoms with van der Waals surface area (Å²) in [5.41, 5.74) is 0.528. The van der Waals surface area contributed by atoms with Gasteiger partial charge in [0.1, 0.15) is 0 Å². The molecule has 0 aliphatic carbocycles. The molecule has 13 heteroatoms. The van der Waals surface area contributed by atoms with Crippen LogP contribution in [0.25, 0.3) is 0 Å². The number of halogens is 4. The number of sulfonamides is 1. The lowest BCUT2D eigenvalue weighted by Crippen LogP contribution is -2.48. The first kappa shape index (κ1) is 28.1. The highest BCUT2D eigenvalue weighted by atomic mass is 35.5. The van der Waals surface area contributed by atoms with Gasteiger partial charge in [-0.2, -0.15) is 17.5 Å². The molecule has 1 aliphatic heterocycles. The van der Waals surface area contributed by atoms with Crippen molar-refractivity contribution < 1.29 is 36.3 Å². The molecule has 8 nitrogen and oxygen atoms in total. The summed E-state index contributed by atoms with van der Waals surface area (Å²) in [6, 6.07) is 6.69. The lowest BCUT2D eigenvalue weighted by atomic mass is 10.2. The van der Waals surface area contributed by atoms with E-state index in [1.54, 1.807) is 29.2 Å². The predicted molar refractivity (Wildman–Crippen MR) is 114 cm³/mol. The number of nitrogens with zero attached hydrogens (tertiary/aromatic N) is 2. The maximum atomic E-state index is 12.7. The van der Waals surface area contributed by atoms with Gasteiger partial charge in [-0.05, 0) is 30.7 Å². The van der Waals surface area contributed by atoms with Crippen LogP contribution in [-0.4, -0.2) is 85.8 Å². The number of rotatable bonds is 8. The number of benzene rings is 1. The molecular weight excluding hydrogens is 475 g/mol. The van der Waals surface area contributed by atoms with E-state index in [0.29, 0.717) is 43.3 Å². The van der Waals surface area contributed by atoms with Crippen molar-refractivity contribution in [3.63, 3.8) is 0 Å². The number of unbranched alkanes of at least 4 members (excludes halogenated alkanes) is 1. The van der Waals surface area contributed by atoms with Crippen LogP contribution in [0, 0.1) is 0 Å². The third-order valence-electron chi connectivity index (χ3n) is 4.49. The average Bonchev–Trinajstić information content (AvgIpc) is 2.74. The molecule has 1 aromatic rings. The van der Waals surface area contributed by atoms with Crippen molar-refractivity contribution in [1.82, 2.24) is 14.5 Å². The van der Waals surface area contributed by atoms with Crippen LogP contribution in [0.2, 0.25) is 5.02 Å². The van der Waals surface area contributed by atoms with Gasteiger partial charge in [-0.25, -0.2) is 13.2 Å². The van der Waals surface area contributed by atoms with Crippen molar-refractivity contribution in [3.05, 3.63) is 34.9 Å². The minimum atomic E-state index is -5.08. The summed E-state index contributed by atoms with van der Waals surface area (Å²) in [4.78, 5) is 23.2. The highest BCUT2D eigenvalue weighted by Gasteiger charge is 2.38. The highest BCUT2D eigenvalue weighted by molar-refractivity contribution is 7.89. The zero-order chi connectivity index (χ0) is 24.4. The van der Waals surface area contributed by atoms with Crippen LogP contribution >= 0.6 is 11.6 Å². The van der Waals surface area contributed by atoms with Gasteiger partial charge in [0, 0.05) is 49.9 Å². The number of hydrogen-bond acceptors (Lipinski definition) is 5. The average molecular weight is 502 g/mol. The van der Waals surface area contributed by atoms with Gasteiger partial charge in [-0.3, -0.25) is 4.79 Å². The second kappa shape index (κ2) is 13.0. The molecule has 1 amide bonds. The standard InChI is InChI=1S/C17H26ClN3O3S.C2HF3O2/c1-2-3-10-20(17(22)15-4-6-16(18)7-5-15)13-14-25(23,24)21-11-8-19-9-12-21;3-2(4,5)1(6)7/h4-7,19H,2-3,8-14H2,1H3;(H,6,7). The summed E-state index contributed by atoms with van der Waals surface area (Å²) in [7, 11) is -3.35. The van der Waals surface area contributed by atoms with Crippen LogP contribution in [0.15, 0.2) is 24.3 Å². The minimum Gasteiger partial charge on any atom is -0.475 e. The number of alkyl halides is 3. The maximum absolute atomic E-state index is 12.7. The zero-order valence-electron chi connectivity index (χ0n) is 17.6. The van der Waals surface area contributed by atoms with Gasteiger partial charge in [-0.15, -0.1) is 0 Å². The summed E-state index contributed by atoms with van der Waals surface area (Å²) >= 11 is 5.87. The fourth-order valence-electron chi connectivity index (χ4n) is 2.72. The molecule has 1 aromatic carbocycles. The molecule has 32 heavy (non-hydrogen) atoms. The van der Waals surface area contributed by atoms with Crippen LogP contribution in [-0.2, 0) is 14.8 Å². The van der Waals surface area contributed by atoms with Crippen molar-refractivity contribution in [2.24, 2.45) is 0 Å². The summed E-state index contributed by atoms with van der Waals surface area (Å²) in [5.74, 6) is -2.95. The van der Waals surface area contributed by atoms with Gasteiger partial charge < -0.3 is 15.3 Å². The van der Waals surface area contributed by atoms with Crippen molar-refractivity contribution in [2.45, 2.75) is 25.9 Å². The number of carbonyl (C=O) groups is 2. The quantitative estimate of drug-likeness (QED) is 0.566. The van der Waals surface area contributed by atoms with Gasteiger partial charge in [-0.1, -0.05) is 24.9 Å². The largest absolute Gasteiger partial charge is 0.490 e. The molecule has 182 valence electrons. The summed E-state index contributed by atoms with van der Waals surface area (Å²) in [5, 5.41) is 10.8. The summed E-state index contributed by atoms with van der Waals surface area (Å²) in [6.07, 6.45) is -3.30. The van der Waals surface area contributed by atoms with Crippen LogP contribution in [0.4, 0.5) is 13.2 Å². The molecule has 0 unspecified atom stereocenters. The van der Waals surface area contributed by atoms with Gasteiger partial charge in [0.05, 0.1) is 5.75 Å². The second-order valence-electron chi connectivity index (χ2n) is 6.92. The first-order valence-corrected chi connectivity index (χ1v) is 11.9. The summed E-state index contributed by atoms with van der Waals surface area (Å²) < 4.78 is 58.3. The number of aliphatic carboxylic acids is 1. The van der Waals surface area contributed by atoms with E-state index in [0.717, 1.165) is 12.8 Å². The van der Waals surface area contributed by atoms with Crippen LogP contribution in [0.5, 0.6) is 0 Å². The Balaban J connectivity index is 0.000000633. The Hall–Kier alpha value is -1.89. The lowest BCUT2D eigenvalue weighted by molar-refractivity contribution is -0.192. The van der Waals surface area contributed by atoms with Crippen molar-refractivity contribution in [3.8, 4) is 0 Å². The van der Waals surface area contributed by atoms with E-state index in [9.17, 15) is 26.4 Å². The molecule has 0 bridgehead atoms. The second-order valence-corrected chi connectivity index (χ2v) is 9.45. The Morgan fingerprint density at radius 3 is 2.16 bits per heavy atom. The third-order valence-corrected chi connectivity index (χ3v) is 6.59. The fourth-order valence-corrected chi connectivity index (χ4v) is 4.29. The van der Waals surface area contributed by atoms with Gasteiger partial charge in [0.15, 0.2) is 0 Å². The number of amides is 1. The van der Waals surface area contributed by atoms with E-state index in [2.05, 4.69) is 5.32 Å². The monoisotopic (exact) mass is 501 g/mol. The Kier molecular flexibility index (Phi) is 11.4. The van der Waals surface area contributed by atoms with E-state index in [1.165, 1.54) is 4.31 Å². The molecule has 0 atom stereocenters. The number of carboxylic acid groups (broad SMARTS) is 1. The molecule has 0 spiro atoms. The maximum Gasteiger partial charge on any atom is 0.490 e. The van der Waals surface area contributed by atoms with Crippen molar-refractivity contribution in [1.29, 1.82) is 0 Å². The Morgan fingerprint density at radius 2 is 1.69 bits per heavy atom. The first-order valence-electron chi connectivity index (χ1n) is 9.92. The Bertz CT molecular complexity index is 845. The molecule has 1 saturated heterocycles. The first-order chi connectivity index (χ1) is 14.9. The number of piperazine rings is 1. The Morgan fingerprint density at radius 1 is 1.16 bits per heavy atom. The smallest absolute Gasteiger partial charge is 0.475 e. The van der Waals surface area contributed by atoms with E-state index in [-0.39, 0.29) is 18.2 Å². The minimum absolute atomic E-state index is 0.0456. The van der Waals surface area contributed by atoms with Gasteiger partial charge in [0.25, 0.3) is 5.91 Å². The molecule has 0 aromatic heterocycles. The topological polar surface area (TPSA) is 107 Å². The fraction of sp³-hybridized carbons (Fsp3) is 0.579. The van der Waals surface area contributed by atoms with E-state index >= 15 is 0 Å². The van der Waals surface area contributed by atoms with E-state index < -0.39 is 22.2 Å². The molecule has 2 N–H and O–H groups in total. The molecule has 2 rings (SSSR count). The van der Waals surface area contributed by atoms with E-state index in [1.807, 2.05) is 6.92 Å². The number of carbonyl (C=O) groups excluding carboxylic acids is 1. The highest BCUT2D eigenvalue weighted by Crippen LogP contribution is 2.14. The van der Waals surface area contributed by atoms with Crippen molar-refractivity contribution >= 4 is 33.5 Å². The zero-order valence-corrected chi connectivity index (χ0v) is 19.1. The number of nitrogens with one attached hydrogen (secondary N) is 1. The lowest BCUT2D eigenvalue weighted by Gasteiger charge is -2.28. The van der Waals surface area contributed by atoms with Crippen LogP contribution in [0.3, 0.4) is 0 Å². The molecule has 1 aliphatic rings. The van der Waals surface area contributed by atoms with Crippen LogP contribution in [0.1, 0.15) is 30.1 Å². The number of carboxylic acids is 1. The molecule has 1 fully saturated rings. The SMILES string of the molecule is CCCCN(CCS(=O)(=O)N1CCNCC1)C(=O)c1ccc(Cl)cc1.O=C(O)C(F)(F)F. The Labute approximate surface area is 190 Å². The van der Waals surface area contributed by atoms with Gasteiger partial charge >= 0.3 is 12.1 Å². The molecule has 0 saturated carbocycles.